The van der Waals surface area contributed by atoms with Gasteiger partial charge in [-0.05, 0) is 51.0 Å². The topological polar surface area (TPSA) is 66.2 Å². The molecule has 7 heteroatoms. The minimum atomic E-state index is -0.413. The van der Waals surface area contributed by atoms with Crippen molar-refractivity contribution >= 4 is 16.9 Å². The second kappa shape index (κ2) is 6.09. The van der Waals surface area contributed by atoms with E-state index in [1.165, 1.54) is 20.3 Å². The fourth-order valence-electron chi connectivity index (χ4n) is 3.63. The fourth-order valence-corrected chi connectivity index (χ4v) is 3.63. The molecule has 0 saturated carbocycles. The first-order chi connectivity index (χ1) is 13.3. The van der Waals surface area contributed by atoms with E-state index in [1.54, 1.807) is 24.4 Å². The first-order valence-electron chi connectivity index (χ1n) is 9.18. The largest absolute Gasteiger partial charge is 0.333 e. The highest BCUT2D eigenvalue weighted by atomic mass is 16.2. The first-order valence-corrected chi connectivity index (χ1v) is 9.18. The Balaban J connectivity index is 2.15. The molecule has 1 atom stereocenters. The highest BCUT2D eigenvalue weighted by molar-refractivity contribution is 5.76. The number of fused-ring (bicyclic) bond motifs is 3. The molecule has 144 valence electrons. The van der Waals surface area contributed by atoms with Gasteiger partial charge in [-0.15, -0.1) is 6.58 Å². The number of imidazole rings is 2. The lowest BCUT2D eigenvalue weighted by Crippen LogP contribution is -2.40. The number of allylic oxidation sites excluding steroid dienone is 1. The minimum absolute atomic E-state index is 0.366. The molecule has 0 aliphatic heterocycles. The number of hydrogen-bond acceptors (Lipinski definition) is 3. The van der Waals surface area contributed by atoms with Gasteiger partial charge in [-0.25, -0.2) is 4.79 Å². The van der Waals surface area contributed by atoms with E-state index < -0.39 is 11.7 Å². The minimum Gasteiger partial charge on any atom is -0.283 e. The SMILES string of the molecule is C=CC(C)n1c(=O)c2c(nc3n(-c4ccc(C)c(C)c4)c(C)cn23)n(C)c1=O. The summed E-state index contributed by atoms with van der Waals surface area (Å²) in [4.78, 5) is 30.6. The van der Waals surface area contributed by atoms with Crippen LogP contribution in [0.1, 0.15) is 29.8 Å². The predicted molar refractivity (Wildman–Crippen MR) is 111 cm³/mol. The van der Waals surface area contributed by atoms with Gasteiger partial charge in [0.05, 0.1) is 6.04 Å². The molecule has 28 heavy (non-hydrogen) atoms. The van der Waals surface area contributed by atoms with Gasteiger partial charge in [0.25, 0.3) is 5.56 Å². The number of aromatic nitrogens is 5. The molecule has 0 aliphatic rings. The van der Waals surface area contributed by atoms with Crippen molar-refractivity contribution in [2.24, 2.45) is 7.05 Å². The molecular formula is C21H23N5O2. The maximum absolute atomic E-state index is 13.2. The van der Waals surface area contributed by atoms with Gasteiger partial charge in [-0.3, -0.25) is 22.9 Å². The molecule has 0 bridgehead atoms. The van der Waals surface area contributed by atoms with Crippen molar-refractivity contribution in [1.82, 2.24) is 23.1 Å². The lowest BCUT2D eigenvalue weighted by Gasteiger charge is -2.11. The third-order valence-corrected chi connectivity index (χ3v) is 5.47. The summed E-state index contributed by atoms with van der Waals surface area (Å²) in [6.07, 6.45) is 3.47. The number of hydrogen-bond donors (Lipinski definition) is 0. The van der Waals surface area contributed by atoms with Gasteiger partial charge in [0, 0.05) is 24.6 Å². The van der Waals surface area contributed by atoms with Gasteiger partial charge in [0.2, 0.25) is 5.78 Å². The van der Waals surface area contributed by atoms with Crippen LogP contribution in [0, 0.1) is 20.8 Å². The standard InChI is InChI=1S/C21H23N5O2/c1-7-14(4)26-19(27)17-18(23(6)21(26)28)22-20-24(17)11-15(5)25(20)16-9-8-12(2)13(3)10-16/h7-11,14H,1H2,2-6H3. The maximum atomic E-state index is 13.2. The molecule has 4 rings (SSSR count). The number of rotatable bonds is 3. The van der Waals surface area contributed by atoms with Crippen LogP contribution in [0.5, 0.6) is 0 Å². The maximum Gasteiger partial charge on any atom is 0.333 e. The second-order valence-corrected chi connectivity index (χ2v) is 7.32. The van der Waals surface area contributed by atoms with Crippen LogP contribution in [-0.4, -0.2) is 23.1 Å². The summed E-state index contributed by atoms with van der Waals surface area (Å²) in [5, 5.41) is 0. The van der Waals surface area contributed by atoms with Crippen LogP contribution >= 0.6 is 0 Å². The molecule has 0 amide bonds. The molecule has 0 N–H and O–H groups in total. The van der Waals surface area contributed by atoms with Gasteiger partial charge in [0.1, 0.15) is 0 Å². The molecule has 1 unspecified atom stereocenters. The predicted octanol–water partition coefficient (Wildman–Crippen LogP) is 2.81. The third kappa shape index (κ3) is 2.32. The smallest absolute Gasteiger partial charge is 0.283 e. The average molecular weight is 377 g/mol. The van der Waals surface area contributed by atoms with Gasteiger partial charge in [-0.2, -0.15) is 4.98 Å². The average Bonchev–Trinajstić information content (AvgIpc) is 3.16. The normalized spacial score (nSPS) is 12.8. The molecule has 1 aromatic carbocycles. The molecule has 0 fully saturated rings. The second-order valence-electron chi connectivity index (χ2n) is 7.32. The van der Waals surface area contributed by atoms with Crippen LogP contribution < -0.4 is 11.2 Å². The molecule has 4 aromatic rings. The summed E-state index contributed by atoms with van der Waals surface area (Å²) in [6.45, 7) is 11.6. The number of nitrogens with zero attached hydrogens (tertiary/aromatic N) is 5. The van der Waals surface area contributed by atoms with Crippen molar-refractivity contribution in [3.63, 3.8) is 0 Å². The van der Waals surface area contributed by atoms with Crippen LogP contribution in [0.2, 0.25) is 0 Å². The molecule has 0 radical (unpaired) electrons. The van der Waals surface area contributed by atoms with Crippen LogP contribution in [0.15, 0.2) is 46.6 Å². The number of benzene rings is 1. The lowest BCUT2D eigenvalue weighted by atomic mass is 10.1. The van der Waals surface area contributed by atoms with Crippen molar-refractivity contribution in [1.29, 1.82) is 0 Å². The van der Waals surface area contributed by atoms with E-state index in [0.29, 0.717) is 16.9 Å². The van der Waals surface area contributed by atoms with Crippen LogP contribution in [-0.2, 0) is 7.05 Å². The highest BCUT2D eigenvalue weighted by Gasteiger charge is 2.22. The van der Waals surface area contributed by atoms with Gasteiger partial charge < -0.3 is 0 Å². The fraction of sp³-hybridized carbons (Fsp3) is 0.286. The molecule has 0 aliphatic carbocycles. The highest BCUT2D eigenvalue weighted by Crippen LogP contribution is 2.22. The van der Waals surface area contributed by atoms with E-state index in [1.807, 2.05) is 23.8 Å². The monoisotopic (exact) mass is 377 g/mol. The Morgan fingerprint density at radius 2 is 1.86 bits per heavy atom. The summed E-state index contributed by atoms with van der Waals surface area (Å²) in [7, 11) is 1.63. The van der Waals surface area contributed by atoms with E-state index >= 15 is 0 Å². The molecule has 0 spiro atoms. The van der Waals surface area contributed by atoms with Gasteiger partial charge >= 0.3 is 5.69 Å². The molecular weight excluding hydrogens is 354 g/mol. The summed E-state index contributed by atoms with van der Waals surface area (Å²) in [5.74, 6) is 0.604. The number of aryl methyl sites for hydroxylation is 4. The van der Waals surface area contributed by atoms with Crippen molar-refractivity contribution in [2.75, 3.05) is 0 Å². The molecule has 0 saturated heterocycles. The van der Waals surface area contributed by atoms with Gasteiger partial charge in [0.15, 0.2) is 11.2 Å². The summed E-state index contributed by atoms with van der Waals surface area (Å²) in [5.41, 5.74) is 4.29. The summed E-state index contributed by atoms with van der Waals surface area (Å²) >= 11 is 0. The van der Waals surface area contributed by atoms with Crippen molar-refractivity contribution in [2.45, 2.75) is 33.7 Å². The Labute approximate surface area is 161 Å². The molecule has 7 nitrogen and oxygen atoms in total. The van der Waals surface area contributed by atoms with Crippen LogP contribution in [0.25, 0.3) is 22.6 Å². The Kier molecular flexibility index (Phi) is 3.92. The first kappa shape index (κ1) is 18.0. The Morgan fingerprint density at radius 3 is 2.50 bits per heavy atom. The Bertz CT molecular complexity index is 1380. The molecule has 3 heterocycles. The van der Waals surface area contributed by atoms with Crippen LogP contribution in [0.4, 0.5) is 0 Å². The van der Waals surface area contributed by atoms with Crippen molar-refractivity contribution in [3.8, 4) is 5.69 Å². The van der Waals surface area contributed by atoms with Gasteiger partial charge in [-0.1, -0.05) is 12.1 Å². The Morgan fingerprint density at radius 1 is 1.14 bits per heavy atom. The van der Waals surface area contributed by atoms with E-state index in [0.717, 1.165) is 11.4 Å². The Hall–Kier alpha value is -3.35. The summed E-state index contributed by atoms with van der Waals surface area (Å²) in [6, 6.07) is 5.78. The van der Waals surface area contributed by atoms with Crippen LogP contribution in [0.3, 0.4) is 0 Å². The third-order valence-electron chi connectivity index (χ3n) is 5.47. The zero-order valence-corrected chi connectivity index (χ0v) is 16.7. The quantitative estimate of drug-likeness (QED) is 0.516. The van der Waals surface area contributed by atoms with E-state index in [-0.39, 0.29) is 5.56 Å². The van der Waals surface area contributed by atoms with Crippen molar-refractivity contribution < 1.29 is 0 Å². The van der Waals surface area contributed by atoms with Crippen molar-refractivity contribution in [3.05, 3.63) is 74.7 Å². The lowest BCUT2D eigenvalue weighted by molar-refractivity contribution is 0.574. The van der Waals surface area contributed by atoms with E-state index in [2.05, 4.69) is 37.5 Å². The van der Waals surface area contributed by atoms with E-state index in [9.17, 15) is 9.59 Å². The zero-order valence-electron chi connectivity index (χ0n) is 16.7. The van der Waals surface area contributed by atoms with E-state index in [4.69, 9.17) is 0 Å². The zero-order chi connectivity index (χ0) is 20.3. The molecule has 3 aromatic heterocycles. The summed E-state index contributed by atoms with van der Waals surface area (Å²) < 4.78 is 6.40.